The molecule has 7 rings (SSSR count). The summed E-state index contributed by atoms with van der Waals surface area (Å²) in [5.41, 5.74) is 2.02. The number of rotatable bonds is 5. The lowest BCUT2D eigenvalue weighted by Gasteiger charge is -2.29. The highest BCUT2D eigenvalue weighted by molar-refractivity contribution is 7.93. The maximum Gasteiger partial charge on any atom is 0.268 e. The van der Waals surface area contributed by atoms with Crippen LogP contribution in [0, 0.1) is 0 Å². The first-order chi connectivity index (χ1) is 19.3. The fourth-order valence-electron chi connectivity index (χ4n) is 5.97. The number of hydrogen-bond donors (Lipinski definition) is 1. The Morgan fingerprint density at radius 2 is 1.23 bits per heavy atom. The largest absolute Gasteiger partial charge is 0.367 e. The van der Waals surface area contributed by atoms with E-state index in [0.717, 1.165) is 0 Å². The number of benzene rings is 4. The number of nitrogens with zero attached hydrogens (tertiary/aromatic N) is 2. The van der Waals surface area contributed by atoms with E-state index in [1.807, 2.05) is 0 Å². The van der Waals surface area contributed by atoms with E-state index in [-0.39, 0.29) is 9.79 Å². The second kappa shape index (κ2) is 9.03. The number of fused-ring (bicyclic) bond motifs is 4. The first kappa shape index (κ1) is 25.0. The summed E-state index contributed by atoms with van der Waals surface area (Å²) in [6, 6.07) is 29.5. The van der Waals surface area contributed by atoms with E-state index >= 15 is 0 Å². The Labute approximate surface area is 231 Å². The minimum absolute atomic E-state index is 0.111. The summed E-state index contributed by atoms with van der Waals surface area (Å²) in [4.78, 5) is 0.230. The maximum absolute atomic E-state index is 14.1. The molecule has 1 aromatic heterocycles. The fraction of sp³-hybridized carbons (Fsp3) is 0.133. The summed E-state index contributed by atoms with van der Waals surface area (Å²) < 4.78 is 64.3. The molecule has 0 spiro atoms. The fourth-order valence-corrected chi connectivity index (χ4v) is 9.08. The monoisotopic (exact) mass is 572 g/mol. The van der Waals surface area contributed by atoms with Crippen LogP contribution >= 0.6 is 0 Å². The summed E-state index contributed by atoms with van der Waals surface area (Å²) in [6.45, 7) is 0. The van der Waals surface area contributed by atoms with Crippen molar-refractivity contribution in [2.45, 2.75) is 34.1 Å². The molecular weight excluding hydrogens is 548 g/mol. The predicted octanol–water partition coefficient (Wildman–Crippen LogP) is 4.63. The van der Waals surface area contributed by atoms with Crippen molar-refractivity contribution in [2.24, 2.45) is 0 Å². The van der Waals surface area contributed by atoms with Crippen molar-refractivity contribution in [3.8, 4) is 0 Å². The van der Waals surface area contributed by atoms with Gasteiger partial charge >= 0.3 is 0 Å². The Hall–Kier alpha value is -3.96. The summed E-state index contributed by atoms with van der Waals surface area (Å²) in [5.74, 6) is -0.674. The van der Waals surface area contributed by atoms with Gasteiger partial charge in [-0.25, -0.2) is 20.8 Å². The van der Waals surface area contributed by atoms with Crippen molar-refractivity contribution in [3.05, 3.63) is 127 Å². The number of para-hydroxylation sites is 2. The number of aromatic nitrogens is 1. The third kappa shape index (κ3) is 3.57. The van der Waals surface area contributed by atoms with Gasteiger partial charge in [0.25, 0.3) is 20.0 Å². The Morgan fingerprint density at radius 1 is 0.650 bits per heavy atom. The number of aliphatic hydroxyl groups is 1. The molecule has 202 valence electrons. The van der Waals surface area contributed by atoms with Gasteiger partial charge in [0.05, 0.1) is 33.0 Å². The van der Waals surface area contributed by atoms with Crippen molar-refractivity contribution in [1.82, 2.24) is 3.97 Å². The van der Waals surface area contributed by atoms with E-state index < -0.39 is 44.4 Å². The molecule has 0 radical (unpaired) electrons. The first-order valence-corrected chi connectivity index (χ1v) is 15.6. The molecule has 1 saturated heterocycles. The second-order valence-electron chi connectivity index (χ2n) is 9.85. The zero-order valence-corrected chi connectivity index (χ0v) is 22.6. The van der Waals surface area contributed by atoms with Gasteiger partial charge in [0.15, 0.2) is 6.29 Å². The molecule has 0 saturated carbocycles. The highest BCUT2D eigenvalue weighted by Gasteiger charge is 2.57. The molecule has 10 heteroatoms. The number of hydrogen-bond acceptors (Lipinski definition) is 6. The van der Waals surface area contributed by atoms with E-state index in [1.54, 1.807) is 84.9 Å². The lowest BCUT2D eigenvalue weighted by atomic mass is 9.91. The smallest absolute Gasteiger partial charge is 0.268 e. The maximum atomic E-state index is 14.1. The van der Waals surface area contributed by atoms with Gasteiger partial charge in [-0.05, 0) is 42.0 Å². The molecule has 4 aromatic carbocycles. The topological polar surface area (TPSA) is 106 Å². The molecule has 8 nitrogen and oxygen atoms in total. The van der Waals surface area contributed by atoms with Crippen molar-refractivity contribution < 1.29 is 26.7 Å². The van der Waals surface area contributed by atoms with E-state index in [0.29, 0.717) is 27.7 Å². The molecule has 0 aliphatic carbocycles. The molecule has 4 atom stereocenters. The summed E-state index contributed by atoms with van der Waals surface area (Å²) in [5, 5.41) is 11.8. The van der Waals surface area contributed by atoms with Crippen molar-refractivity contribution in [2.75, 3.05) is 4.31 Å². The van der Waals surface area contributed by atoms with Crippen molar-refractivity contribution >= 4 is 36.6 Å². The van der Waals surface area contributed by atoms with Crippen LogP contribution in [-0.2, 0) is 24.8 Å². The van der Waals surface area contributed by atoms with Gasteiger partial charge in [-0.2, -0.15) is 0 Å². The molecule has 0 bridgehead atoms. The molecule has 1 N–H and O–H groups in total. The van der Waals surface area contributed by atoms with Crippen LogP contribution in [0.15, 0.2) is 125 Å². The van der Waals surface area contributed by atoms with Gasteiger partial charge < -0.3 is 9.84 Å². The highest BCUT2D eigenvalue weighted by Crippen LogP contribution is 2.56. The number of aliphatic hydroxyl groups excluding tert-OH is 1. The summed E-state index contributed by atoms with van der Waals surface area (Å²) in [6.07, 6.45) is -0.772. The second-order valence-corrected chi connectivity index (χ2v) is 13.5. The number of ether oxygens (including phenoxy) is 1. The van der Waals surface area contributed by atoms with E-state index in [2.05, 4.69) is 0 Å². The Balaban J connectivity index is 1.44. The minimum Gasteiger partial charge on any atom is -0.367 e. The standard InChI is InChI=1S/C30H24N2O6S2/c33-30-27-23-16-8-10-18-26(23)32(40(36,37)21-13-5-2-6-14-21)28(27)29(38-30)24-19-31(25-17-9-7-15-22(24)25)39(34,35)20-11-3-1-4-12-20/h1-19,27-30,33H/t27-,28+,29+,30-/m1/s1. The van der Waals surface area contributed by atoms with Crippen LogP contribution in [0.2, 0.25) is 0 Å². The van der Waals surface area contributed by atoms with Gasteiger partial charge in [0.2, 0.25) is 0 Å². The Morgan fingerprint density at radius 3 is 1.93 bits per heavy atom. The Kier molecular flexibility index (Phi) is 5.65. The van der Waals surface area contributed by atoms with Gasteiger partial charge in [-0.1, -0.05) is 72.8 Å². The zero-order chi connectivity index (χ0) is 27.6. The normalized spacial score (nSPS) is 22.4. The molecule has 2 aliphatic rings. The summed E-state index contributed by atoms with van der Waals surface area (Å²) >= 11 is 0. The third-order valence-electron chi connectivity index (χ3n) is 7.69. The molecule has 1 fully saturated rings. The lowest BCUT2D eigenvalue weighted by Crippen LogP contribution is -2.41. The number of sulfonamides is 1. The van der Waals surface area contributed by atoms with Crippen molar-refractivity contribution in [1.29, 1.82) is 0 Å². The Bertz CT molecular complexity index is 1960. The van der Waals surface area contributed by atoms with Crippen LogP contribution in [0.4, 0.5) is 5.69 Å². The van der Waals surface area contributed by atoms with Crippen LogP contribution < -0.4 is 4.31 Å². The van der Waals surface area contributed by atoms with Gasteiger partial charge in [-0.15, -0.1) is 0 Å². The lowest BCUT2D eigenvalue weighted by molar-refractivity contribution is -0.0984. The molecule has 0 amide bonds. The van der Waals surface area contributed by atoms with E-state index in [1.165, 1.54) is 38.7 Å². The average molecular weight is 573 g/mol. The average Bonchev–Trinajstić information content (AvgIpc) is 3.64. The quantitative estimate of drug-likeness (QED) is 0.329. The molecule has 5 aromatic rings. The number of anilines is 1. The van der Waals surface area contributed by atoms with Crippen LogP contribution in [0.25, 0.3) is 10.9 Å². The molecule has 0 unspecified atom stereocenters. The third-order valence-corrected chi connectivity index (χ3v) is 11.2. The summed E-state index contributed by atoms with van der Waals surface area (Å²) in [7, 11) is -8.05. The molecule has 3 heterocycles. The molecular formula is C30H24N2O6S2. The van der Waals surface area contributed by atoms with Crippen LogP contribution in [0.3, 0.4) is 0 Å². The minimum atomic E-state index is -4.07. The van der Waals surface area contributed by atoms with Crippen LogP contribution in [-0.4, -0.2) is 38.2 Å². The van der Waals surface area contributed by atoms with Gasteiger partial charge in [0, 0.05) is 17.1 Å². The van der Waals surface area contributed by atoms with E-state index in [4.69, 9.17) is 4.74 Å². The first-order valence-electron chi connectivity index (χ1n) is 12.7. The van der Waals surface area contributed by atoms with Crippen LogP contribution in [0.5, 0.6) is 0 Å². The van der Waals surface area contributed by atoms with Gasteiger partial charge in [0.1, 0.15) is 6.10 Å². The van der Waals surface area contributed by atoms with E-state index in [9.17, 15) is 21.9 Å². The highest BCUT2D eigenvalue weighted by atomic mass is 32.2. The van der Waals surface area contributed by atoms with Crippen molar-refractivity contribution in [3.63, 3.8) is 0 Å². The van der Waals surface area contributed by atoms with Crippen LogP contribution in [0.1, 0.15) is 23.1 Å². The van der Waals surface area contributed by atoms with Gasteiger partial charge in [-0.3, -0.25) is 4.31 Å². The SMILES string of the molecule is O=S(=O)(c1ccccc1)N1c2ccccc2[C@@H]2[C@H]1[C@H](c1cn(S(=O)(=O)c3ccccc3)c3ccccc13)O[C@H]2O. The zero-order valence-electron chi connectivity index (χ0n) is 21.0. The molecule has 40 heavy (non-hydrogen) atoms. The molecule has 2 aliphatic heterocycles. The predicted molar refractivity (Wildman–Crippen MR) is 150 cm³/mol.